The van der Waals surface area contributed by atoms with Crippen molar-refractivity contribution in [2.24, 2.45) is 10.4 Å². The van der Waals surface area contributed by atoms with Crippen molar-refractivity contribution in [1.82, 2.24) is 10.2 Å². The lowest BCUT2D eigenvalue weighted by atomic mass is 9.68. The summed E-state index contributed by atoms with van der Waals surface area (Å²) in [4.78, 5) is 7.31. The van der Waals surface area contributed by atoms with E-state index in [-0.39, 0.29) is 0 Å². The Labute approximate surface area is 126 Å². The van der Waals surface area contributed by atoms with Crippen LogP contribution < -0.4 is 5.32 Å². The number of nitrogens with one attached hydrogen (secondary N) is 1. The van der Waals surface area contributed by atoms with Gasteiger partial charge in [0.2, 0.25) is 0 Å². The normalized spacial score (nSPS) is 21.2. The molecule has 1 aromatic rings. The molecular formula is C16H25N3S. The summed E-state index contributed by atoms with van der Waals surface area (Å²) in [7, 11) is 0. The van der Waals surface area contributed by atoms with E-state index in [4.69, 9.17) is 4.99 Å². The van der Waals surface area contributed by atoms with Crippen molar-refractivity contribution in [2.75, 3.05) is 26.2 Å². The molecule has 2 fully saturated rings. The fourth-order valence-corrected chi connectivity index (χ4v) is 4.06. The zero-order valence-corrected chi connectivity index (χ0v) is 13.2. The molecule has 1 saturated carbocycles. The van der Waals surface area contributed by atoms with Gasteiger partial charge < -0.3 is 10.2 Å². The van der Waals surface area contributed by atoms with Crippen molar-refractivity contribution in [1.29, 1.82) is 0 Å². The number of hydrogen-bond acceptors (Lipinski definition) is 2. The molecule has 0 atom stereocenters. The summed E-state index contributed by atoms with van der Waals surface area (Å²) in [5.41, 5.74) is 2.05. The van der Waals surface area contributed by atoms with Crippen LogP contribution in [-0.2, 0) is 6.42 Å². The van der Waals surface area contributed by atoms with Crippen LogP contribution in [0.5, 0.6) is 0 Å². The summed E-state index contributed by atoms with van der Waals surface area (Å²) in [5.74, 6) is 1.13. The van der Waals surface area contributed by atoms with E-state index in [0.717, 1.165) is 25.5 Å². The van der Waals surface area contributed by atoms with Gasteiger partial charge in [-0.05, 0) is 60.4 Å². The van der Waals surface area contributed by atoms with Crippen LogP contribution in [0.4, 0.5) is 0 Å². The van der Waals surface area contributed by atoms with E-state index in [2.05, 4.69) is 34.0 Å². The molecule has 110 valence electrons. The number of rotatable bonds is 4. The number of likely N-dealkylation sites (tertiary alicyclic amines) is 1. The molecule has 1 spiro atoms. The minimum absolute atomic E-state index is 0.642. The van der Waals surface area contributed by atoms with Gasteiger partial charge in [-0.25, -0.2) is 0 Å². The predicted molar refractivity (Wildman–Crippen MR) is 86.5 cm³/mol. The van der Waals surface area contributed by atoms with Crippen molar-refractivity contribution >= 4 is 17.3 Å². The van der Waals surface area contributed by atoms with E-state index in [1.165, 1.54) is 44.3 Å². The highest BCUT2D eigenvalue weighted by molar-refractivity contribution is 7.07. The molecule has 3 rings (SSSR count). The first kappa shape index (κ1) is 13.9. The first-order chi connectivity index (χ1) is 9.81. The van der Waals surface area contributed by atoms with Gasteiger partial charge in [0.1, 0.15) is 0 Å². The van der Waals surface area contributed by atoms with E-state index in [0.29, 0.717) is 5.41 Å². The SMILES string of the molecule is CCNC(=NCCc1ccsc1)N1CCC2(CCC2)C1. The van der Waals surface area contributed by atoms with Crippen LogP contribution in [0.15, 0.2) is 21.8 Å². The molecule has 0 unspecified atom stereocenters. The van der Waals surface area contributed by atoms with Crippen LogP contribution in [-0.4, -0.2) is 37.0 Å². The van der Waals surface area contributed by atoms with Gasteiger partial charge in [0, 0.05) is 26.2 Å². The first-order valence-corrected chi connectivity index (χ1v) is 8.80. The number of guanidine groups is 1. The third-order valence-corrected chi connectivity index (χ3v) is 5.46. The smallest absolute Gasteiger partial charge is 0.193 e. The Bertz CT molecular complexity index is 448. The third kappa shape index (κ3) is 3.00. The highest BCUT2D eigenvalue weighted by Gasteiger charge is 2.43. The van der Waals surface area contributed by atoms with Crippen LogP contribution in [0.1, 0.15) is 38.2 Å². The van der Waals surface area contributed by atoms with Gasteiger partial charge in [-0.2, -0.15) is 11.3 Å². The number of thiophene rings is 1. The van der Waals surface area contributed by atoms with Crippen molar-refractivity contribution in [3.8, 4) is 0 Å². The molecule has 1 saturated heterocycles. The zero-order valence-electron chi connectivity index (χ0n) is 12.4. The Morgan fingerprint density at radius 2 is 2.35 bits per heavy atom. The monoisotopic (exact) mass is 291 g/mol. The maximum atomic E-state index is 4.83. The Hall–Kier alpha value is -1.03. The second kappa shape index (κ2) is 6.17. The van der Waals surface area contributed by atoms with Crippen molar-refractivity contribution < 1.29 is 0 Å². The molecule has 4 heteroatoms. The topological polar surface area (TPSA) is 27.6 Å². The largest absolute Gasteiger partial charge is 0.357 e. The highest BCUT2D eigenvalue weighted by Crippen LogP contribution is 2.47. The fourth-order valence-electron chi connectivity index (χ4n) is 3.35. The molecule has 1 aliphatic carbocycles. The van der Waals surface area contributed by atoms with Crippen molar-refractivity contribution in [3.05, 3.63) is 22.4 Å². The van der Waals surface area contributed by atoms with Crippen LogP contribution in [0.3, 0.4) is 0 Å². The predicted octanol–water partition coefficient (Wildman–Crippen LogP) is 3.13. The molecule has 1 aromatic heterocycles. The fraction of sp³-hybridized carbons (Fsp3) is 0.688. The average Bonchev–Trinajstić information content (AvgIpc) is 3.06. The molecule has 0 radical (unpaired) electrons. The number of nitrogens with zero attached hydrogens (tertiary/aromatic N) is 2. The maximum absolute atomic E-state index is 4.83. The van der Waals surface area contributed by atoms with Gasteiger partial charge in [0.25, 0.3) is 0 Å². The average molecular weight is 291 g/mol. The van der Waals surface area contributed by atoms with Gasteiger partial charge in [-0.1, -0.05) is 6.42 Å². The molecule has 1 N–H and O–H groups in total. The minimum Gasteiger partial charge on any atom is -0.357 e. The first-order valence-electron chi connectivity index (χ1n) is 7.86. The van der Waals surface area contributed by atoms with Crippen LogP contribution in [0.2, 0.25) is 0 Å². The third-order valence-electron chi connectivity index (χ3n) is 4.73. The molecule has 3 nitrogen and oxygen atoms in total. The summed E-state index contributed by atoms with van der Waals surface area (Å²) in [6.07, 6.45) is 6.70. The Balaban J connectivity index is 1.57. The maximum Gasteiger partial charge on any atom is 0.193 e. The molecule has 1 aliphatic heterocycles. The van der Waals surface area contributed by atoms with Gasteiger partial charge in [-0.15, -0.1) is 0 Å². The molecule has 20 heavy (non-hydrogen) atoms. The van der Waals surface area contributed by atoms with Crippen LogP contribution in [0.25, 0.3) is 0 Å². The van der Waals surface area contributed by atoms with Crippen LogP contribution >= 0.6 is 11.3 Å². The summed E-state index contributed by atoms with van der Waals surface area (Å²) < 4.78 is 0. The van der Waals surface area contributed by atoms with E-state index >= 15 is 0 Å². The van der Waals surface area contributed by atoms with Gasteiger partial charge in [-0.3, -0.25) is 4.99 Å². The lowest BCUT2D eigenvalue weighted by molar-refractivity contribution is 0.151. The Morgan fingerprint density at radius 3 is 2.95 bits per heavy atom. The summed E-state index contributed by atoms with van der Waals surface area (Å²) in [5, 5.41) is 7.84. The van der Waals surface area contributed by atoms with E-state index in [1.807, 2.05) is 0 Å². The van der Waals surface area contributed by atoms with Gasteiger partial charge in [0.15, 0.2) is 5.96 Å². The molecule has 2 aliphatic rings. The zero-order chi connectivity index (χ0) is 13.8. The summed E-state index contributed by atoms with van der Waals surface area (Å²) in [6, 6.07) is 2.20. The second-order valence-electron chi connectivity index (χ2n) is 6.14. The molecule has 0 bridgehead atoms. The molecule has 0 aromatic carbocycles. The van der Waals surface area contributed by atoms with Gasteiger partial charge in [0.05, 0.1) is 0 Å². The van der Waals surface area contributed by atoms with E-state index in [1.54, 1.807) is 11.3 Å². The Kier molecular flexibility index (Phi) is 4.29. The van der Waals surface area contributed by atoms with Crippen molar-refractivity contribution in [3.63, 3.8) is 0 Å². The van der Waals surface area contributed by atoms with Crippen LogP contribution in [0, 0.1) is 5.41 Å². The molecule has 2 heterocycles. The quantitative estimate of drug-likeness (QED) is 0.682. The van der Waals surface area contributed by atoms with Crippen molar-refractivity contribution in [2.45, 2.75) is 39.0 Å². The minimum atomic E-state index is 0.642. The standard InChI is InChI=1S/C16H25N3S/c1-2-17-15(18-9-4-14-5-11-20-12-14)19-10-8-16(13-19)6-3-7-16/h5,11-12H,2-4,6-10,13H2,1H3,(H,17,18). The number of hydrogen-bond donors (Lipinski definition) is 1. The molecule has 0 amide bonds. The lowest BCUT2D eigenvalue weighted by Crippen LogP contribution is -2.42. The molecular weight excluding hydrogens is 266 g/mol. The summed E-state index contributed by atoms with van der Waals surface area (Å²) >= 11 is 1.77. The highest BCUT2D eigenvalue weighted by atomic mass is 32.1. The lowest BCUT2D eigenvalue weighted by Gasteiger charge is -2.38. The van der Waals surface area contributed by atoms with E-state index in [9.17, 15) is 0 Å². The van der Waals surface area contributed by atoms with E-state index < -0.39 is 0 Å². The van der Waals surface area contributed by atoms with Gasteiger partial charge >= 0.3 is 0 Å². The summed E-state index contributed by atoms with van der Waals surface area (Å²) in [6.45, 7) is 6.41. The Morgan fingerprint density at radius 1 is 1.45 bits per heavy atom. The number of aliphatic imine (C=N–C) groups is 1. The second-order valence-corrected chi connectivity index (χ2v) is 6.92.